The number of para-hydroxylation sites is 1. The van der Waals surface area contributed by atoms with Crippen molar-refractivity contribution in [1.82, 2.24) is 24.1 Å². The van der Waals surface area contributed by atoms with Crippen LogP contribution in [0.15, 0.2) is 127 Å². The van der Waals surface area contributed by atoms with E-state index in [-0.39, 0.29) is 33.3 Å². The molecule has 0 atom stereocenters. The van der Waals surface area contributed by atoms with Crippen molar-refractivity contribution in [2.24, 2.45) is 0 Å². The van der Waals surface area contributed by atoms with Crippen molar-refractivity contribution in [3.8, 4) is 34.4 Å². The molecule has 0 radical (unpaired) electrons. The molecule has 5 nitrogen and oxygen atoms in total. The van der Waals surface area contributed by atoms with Crippen LogP contribution < -0.4 is 0 Å². The van der Waals surface area contributed by atoms with Crippen molar-refractivity contribution in [3.63, 3.8) is 0 Å². The lowest BCUT2D eigenvalue weighted by atomic mass is 9.85. The van der Waals surface area contributed by atoms with Gasteiger partial charge in [0.1, 0.15) is 0 Å². The van der Waals surface area contributed by atoms with Crippen LogP contribution in [0.25, 0.3) is 78.0 Å². The van der Waals surface area contributed by atoms with E-state index >= 15 is 13.2 Å². The van der Waals surface area contributed by atoms with Gasteiger partial charge in [0, 0.05) is 32.7 Å². The van der Waals surface area contributed by atoms with Crippen molar-refractivity contribution in [2.45, 2.75) is 84.7 Å². The highest BCUT2D eigenvalue weighted by molar-refractivity contribution is 6.10. The summed E-state index contributed by atoms with van der Waals surface area (Å²) in [5.41, 5.74) is 6.55. The summed E-state index contributed by atoms with van der Waals surface area (Å²) < 4.78 is 50.3. The minimum Gasteiger partial charge on any atom is -0.309 e. The zero-order chi connectivity index (χ0) is 42.5. The molecule has 0 aliphatic heterocycles. The Labute approximate surface area is 348 Å². The van der Waals surface area contributed by atoms with Crippen molar-refractivity contribution in [2.75, 3.05) is 0 Å². The Morgan fingerprint density at radius 1 is 0.400 bits per heavy atom. The molecule has 8 heteroatoms. The van der Waals surface area contributed by atoms with Crippen molar-refractivity contribution >= 4 is 43.6 Å². The molecule has 60 heavy (non-hydrogen) atoms. The number of rotatable bonds is 4. The summed E-state index contributed by atoms with van der Waals surface area (Å²) in [4.78, 5) is 15.0. The lowest BCUT2D eigenvalue weighted by Crippen LogP contribution is -2.12. The molecule has 0 bridgehead atoms. The Morgan fingerprint density at radius 2 is 0.850 bits per heavy atom. The van der Waals surface area contributed by atoms with Gasteiger partial charge in [-0.05, 0) is 93.6 Å². The first-order chi connectivity index (χ1) is 28.3. The minimum atomic E-state index is -4.70. The van der Waals surface area contributed by atoms with E-state index in [1.54, 1.807) is 16.7 Å². The molecule has 6 aromatic carbocycles. The maximum atomic E-state index is 15.5. The Kier molecular flexibility index (Phi) is 8.90. The molecule has 0 spiro atoms. The van der Waals surface area contributed by atoms with Gasteiger partial charge in [-0.25, -0.2) is 4.98 Å². The minimum absolute atomic E-state index is 0.0326. The Balaban J connectivity index is 1.30. The molecule has 0 saturated heterocycles. The zero-order valence-corrected chi connectivity index (χ0v) is 35.5. The maximum Gasteiger partial charge on any atom is 0.418 e. The van der Waals surface area contributed by atoms with Crippen LogP contribution in [0.1, 0.15) is 84.6 Å². The SMILES string of the molecule is CC(C)(C)c1ccc2c(c1)c1cc(C(C)(C)C)ccc1n2-c1nc(-c2ccccc2)nc(-c2ccc(-n3c4ccccc4c4cc(C(C)(C)C)ccc43)c(C(F)(F)F)c2)n1. The van der Waals surface area contributed by atoms with Gasteiger partial charge in [-0.2, -0.15) is 23.1 Å². The maximum absolute atomic E-state index is 15.5. The average Bonchev–Trinajstić information content (AvgIpc) is 3.71. The van der Waals surface area contributed by atoms with Crippen LogP contribution >= 0.6 is 0 Å². The van der Waals surface area contributed by atoms with E-state index in [1.165, 1.54) is 17.2 Å². The normalized spacial score (nSPS) is 13.0. The summed E-state index contributed by atoms with van der Waals surface area (Å²) in [7, 11) is 0. The summed E-state index contributed by atoms with van der Waals surface area (Å²) in [5.74, 6) is 0.819. The number of benzene rings is 6. The fourth-order valence-electron chi connectivity index (χ4n) is 8.28. The Bertz CT molecular complexity index is 3060. The molecule has 0 amide bonds. The third kappa shape index (κ3) is 6.72. The first kappa shape index (κ1) is 39.2. The highest BCUT2D eigenvalue weighted by Gasteiger charge is 2.36. The lowest BCUT2D eigenvalue weighted by molar-refractivity contribution is -0.137. The predicted octanol–water partition coefficient (Wildman–Crippen LogP) is 14.3. The number of aromatic nitrogens is 5. The second-order valence-electron chi connectivity index (χ2n) is 19.0. The predicted molar refractivity (Wildman–Crippen MR) is 240 cm³/mol. The molecular weight excluding hydrogens is 752 g/mol. The second kappa shape index (κ2) is 13.6. The summed E-state index contributed by atoms with van der Waals surface area (Å²) in [6.45, 7) is 19.6. The second-order valence-corrected chi connectivity index (χ2v) is 19.0. The summed E-state index contributed by atoms with van der Waals surface area (Å²) in [5, 5.41) is 3.90. The van der Waals surface area contributed by atoms with Crippen LogP contribution in [-0.4, -0.2) is 24.1 Å². The first-order valence-corrected chi connectivity index (χ1v) is 20.4. The van der Waals surface area contributed by atoms with Crippen LogP contribution in [0.4, 0.5) is 13.2 Å². The van der Waals surface area contributed by atoms with Crippen LogP contribution in [-0.2, 0) is 22.4 Å². The molecule has 0 unspecified atom stereocenters. The number of fused-ring (bicyclic) bond motifs is 6. The molecule has 0 aliphatic rings. The van der Waals surface area contributed by atoms with Gasteiger partial charge in [-0.1, -0.05) is 129 Å². The summed E-state index contributed by atoms with van der Waals surface area (Å²) in [6.07, 6.45) is -4.70. The fraction of sp³-hybridized carbons (Fsp3) is 0.250. The van der Waals surface area contributed by atoms with Gasteiger partial charge in [0.25, 0.3) is 0 Å². The molecule has 0 N–H and O–H groups in total. The van der Waals surface area contributed by atoms with E-state index in [0.717, 1.165) is 43.7 Å². The lowest BCUT2D eigenvalue weighted by Gasteiger charge is -2.20. The van der Waals surface area contributed by atoms with Crippen molar-refractivity contribution in [1.29, 1.82) is 0 Å². The van der Waals surface area contributed by atoms with E-state index in [2.05, 4.69) is 105 Å². The third-order valence-electron chi connectivity index (χ3n) is 11.7. The Morgan fingerprint density at radius 3 is 1.37 bits per heavy atom. The van der Waals surface area contributed by atoms with Gasteiger partial charge < -0.3 is 4.57 Å². The van der Waals surface area contributed by atoms with Gasteiger partial charge in [0.05, 0.1) is 33.3 Å². The molecule has 3 heterocycles. The highest BCUT2D eigenvalue weighted by atomic mass is 19.4. The van der Waals surface area contributed by atoms with Crippen molar-refractivity contribution in [3.05, 3.63) is 150 Å². The molecule has 0 saturated carbocycles. The smallest absolute Gasteiger partial charge is 0.309 e. The van der Waals surface area contributed by atoms with Crippen LogP contribution in [0.2, 0.25) is 0 Å². The van der Waals surface area contributed by atoms with Gasteiger partial charge in [-0.15, -0.1) is 0 Å². The number of hydrogen-bond donors (Lipinski definition) is 0. The van der Waals surface area contributed by atoms with E-state index in [0.29, 0.717) is 22.8 Å². The molecule has 0 fully saturated rings. The third-order valence-corrected chi connectivity index (χ3v) is 11.7. The van der Waals surface area contributed by atoms with Gasteiger partial charge >= 0.3 is 6.18 Å². The molecule has 9 rings (SSSR count). The van der Waals surface area contributed by atoms with Gasteiger partial charge in [0.2, 0.25) is 5.95 Å². The largest absolute Gasteiger partial charge is 0.418 e. The summed E-state index contributed by atoms with van der Waals surface area (Å²) >= 11 is 0. The molecule has 9 aromatic rings. The van der Waals surface area contributed by atoms with E-state index in [9.17, 15) is 0 Å². The number of halogens is 3. The van der Waals surface area contributed by atoms with E-state index < -0.39 is 11.7 Å². The van der Waals surface area contributed by atoms with Crippen LogP contribution in [0, 0.1) is 0 Å². The summed E-state index contributed by atoms with van der Waals surface area (Å²) in [6, 6.07) is 40.6. The van der Waals surface area contributed by atoms with Gasteiger partial charge in [-0.3, -0.25) is 4.57 Å². The zero-order valence-electron chi connectivity index (χ0n) is 35.5. The standard InChI is InChI=1S/C52H48F3N5/c1-49(2,3)33-20-24-42-37(28-33)36-17-13-14-18-41(36)59(42)45-23-19-32(27-40(45)52(53,54)55)47-56-46(31-15-11-10-12-16-31)57-48(58-47)60-43-25-21-34(50(4,5)6)29-38(43)39-30-35(51(7,8)9)22-26-44(39)60/h10-30H,1-9H3. The molecule has 302 valence electrons. The Hall–Kier alpha value is -6.28. The molecule has 3 aromatic heterocycles. The molecular formula is C52H48F3N5. The van der Waals surface area contributed by atoms with Gasteiger partial charge in [0.15, 0.2) is 11.6 Å². The van der Waals surface area contributed by atoms with Crippen LogP contribution in [0.3, 0.4) is 0 Å². The quantitative estimate of drug-likeness (QED) is 0.178. The topological polar surface area (TPSA) is 48.5 Å². The number of alkyl halides is 3. The van der Waals surface area contributed by atoms with E-state index in [1.807, 2.05) is 71.3 Å². The monoisotopic (exact) mass is 799 g/mol. The average molecular weight is 800 g/mol. The first-order valence-electron chi connectivity index (χ1n) is 20.4. The highest BCUT2D eigenvalue weighted by Crippen LogP contribution is 2.42. The van der Waals surface area contributed by atoms with Crippen LogP contribution in [0.5, 0.6) is 0 Å². The molecule has 0 aliphatic carbocycles. The van der Waals surface area contributed by atoms with E-state index in [4.69, 9.17) is 15.0 Å². The van der Waals surface area contributed by atoms with Crippen molar-refractivity contribution < 1.29 is 13.2 Å². The fourth-order valence-corrected chi connectivity index (χ4v) is 8.28. The number of hydrogen-bond acceptors (Lipinski definition) is 3. The number of nitrogens with zero attached hydrogens (tertiary/aromatic N) is 5.